The fourth-order valence-corrected chi connectivity index (χ4v) is 1.90. The van der Waals surface area contributed by atoms with Crippen molar-refractivity contribution in [2.24, 2.45) is 5.92 Å². The third-order valence-corrected chi connectivity index (χ3v) is 3.23. The zero-order chi connectivity index (χ0) is 14.4. The molecule has 0 N–H and O–H groups in total. The second kappa shape index (κ2) is 7.34. The molecule has 19 heavy (non-hydrogen) atoms. The van der Waals surface area contributed by atoms with Gasteiger partial charge in [-0.3, -0.25) is 4.79 Å². The van der Waals surface area contributed by atoms with Crippen LogP contribution < -0.4 is 0 Å². The second-order valence-electron chi connectivity index (χ2n) is 5.11. The van der Waals surface area contributed by atoms with Gasteiger partial charge in [0.2, 0.25) is 0 Å². The van der Waals surface area contributed by atoms with Gasteiger partial charge in [-0.2, -0.15) is 0 Å². The molecule has 0 aliphatic rings. The van der Waals surface area contributed by atoms with Gasteiger partial charge in [0.05, 0.1) is 0 Å². The summed E-state index contributed by atoms with van der Waals surface area (Å²) in [5.41, 5.74) is 0.106. The normalized spacial score (nSPS) is 12.7. The molecule has 1 atom stereocenters. The highest BCUT2D eigenvalue weighted by Gasteiger charge is 2.11. The first-order valence-electron chi connectivity index (χ1n) is 6.60. The van der Waals surface area contributed by atoms with Gasteiger partial charge in [0.15, 0.2) is 5.78 Å². The van der Waals surface area contributed by atoms with E-state index in [4.69, 9.17) is 0 Å². The van der Waals surface area contributed by atoms with E-state index < -0.39 is 11.6 Å². The lowest BCUT2D eigenvalue weighted by Gasteiger charge is -2.19. The highest BCUT2D eigenvalue weighted by Crippen LogP contribution is 2.11. The number of Topliss-reactive ketones (excluding diaryl/α,β-unsaturated/α-hetero) is 1. The molecule has 0 bridgehead atoms. The monoisotopic (exact) mass is 269 g/mol. The fraction of sp³-hybridized carbons (Fsp3) is 0.533. The number of nitrogens with zero attached hydrogens (tertiary/aromatic N) is 1. The first kappa shape index (κ1) is 15.8. The van der Waals surface area contributed by atoms with E-state index >= 15 is 0 Å². The van der Waals surface area contributed by atoms with Crippen LogP contribution in [0, 0.1) is 17.6 Å². The topological polar surface area (TPSA) is 20.3 Å². The Balaban J connectivity index is 2.51. The molecule has 0 fully saturated rings. The van der Waals surface area contributed by atoms with Crippen LogP contribution in [-0.4, -0.2) is 30.8 Å². The number of hydrogen-bond acceptors (Lipinski definition) is 2. The summed E-state index contributed by atoms with van der Waals surface area (Å²) >= 11 is 0. The summed E-state index contributed by atoms with van der Waals surface area (Å²) in [4.78, 5) is 13.9. The fourth-order valence-electron chi connectivity index (χ4n) is 1.90. The van der Waals surface area contributed by atoms with Crippen molar-refractivity contribution in [2.45, 2.75) is 26.7 Å². The van der Waals surface area contributed by atoms with E-state index in [1.165, 1.54) is 0 Å². The van der Waals surface area contributed by atoms with Gasteiger partial charge < -0.3 is 4.90 Å². The van der Waals surface area contributed by atoms with E-state index in [1.807, 2.05) is 7.05 Å². The van der Waals surface area contributed by atoms with Gasteiger partial charge in [0, 0.05) is 31.1 Å². The Kier molecular flexibility index (Phi) is 6.09. The van der Waals surface area contributed by atoms with E-state index in [-0.39, 0.29) is 17.8 Å². The van der Waals surface area contributed by atoms with E-state index in [1.54, 1.807) is 0 Å². The van der Waals surface area contributed by atoms with Crippen LogP contribution in [0.2, 0.25) is 0 Å². The molecule has 1 unspecified atom stereocenters. The molecule has 4 heteroatoms. The number of hydrogen-bond donors (Lipinski definition) is 0. The Morgan fingerprint density at radius 3 is 2.37 bits per heavy atom. The minimum absolute atomic E-state index is 0.106. The van der Waals surface area contributed by atoms with Crippen molar-refractivity contribution >= 4 is 5.78 Å². The Bertz CT molecular complexity index is 414. The highest BCUT2D eigenvalue weighted by atomic mass is 19.1. The Morgan fingerprint density at radius 1 is 1.26 bits per heavy atom. The minimum atomic E-state index is -0.712. The maximum Gasteiger partial charge on any atom is 0.164 e. The van der Waals surface area contributed by atoms with E-state index in [0.717, 1.165) is 31.2 Å². The second-order valence-corrected chi connectivity index (χ2v) is 5.11. The van der Waals surface area contributed by atoms with Crippen LogP contribution in [0.15, 0.2) is 18.2 Å². The van der Waals surface area contributed by atoms with Gasteiger partial charge in [-0.25, -0.2) is 8.78 Å². The molecule has 0 amide bonds. The number of carbonyl (C=O) groups is 1. The zero-order valence-corrected chi connectivity index (χ0v) is 11.7. The van der Waals surface area contributed by atoms with Crippen molar-refractivity contribution < 1.29 is 13.6 Å². The molecule has 0 spiro atoms. The average Bonchev–Trinajstić information content (AvgIpc) is 2.34. The molecule has 1 aromatic carbocycles. The maximum atomic E-state index is 13.0. The molecular weight excluding hydrogens is 248 g/mol. The van der Waals surface area contributed by atoms with Crippen LogP contribution in [0.4, 0.5) is 8.78 Å². The van der Waals surface area contributed by atoms with Crippen molar-refractivity contribution in [2.75, 3.05) is 20.1 Å². The predicted molar refractivity (Wildman–Crippen MR) is 72.3 cm³/mol. The number of rotatable bonds is 7. The van der Waals surface area contributed by atoms with Gasteiger partial charge in [-0.15, -0.1) is 0 Å². The van der Waals surface area contributed by atoms with Gasteiger partial charge in [0.25, 0.3) is 0 Å². The van der Waals surface area contributed by atoms with Crippen molar-refractivity contribution in [3.8, 4) is 0 Å². The molecule has 0 heterocycles. The SMILES string of the molecule is CCC(C)CN(C)CCC(=O)c1cc(F)cc(F)c1. The van der Waals surface area contributed by atoms with Crippen molar-refractivity contribution in [1.29, 1.82) is 0 Å². The predicted octanol–water partition coefficient (Wildman–Crippen LogP) is 3.52. The average molecular weight is 269 g/mol. The maximum absolute atomic E-state index is 13.0. The quantitative estimate of drug-likeness (QED) is 0.706. The number of carbonyl (C=O) groups excluding carboxylic acids is 1. The van der Waals surface area contributed by atoms with Gasteiger partial charge in [-0.1, -0.05) is 20.3 Å². The lowest BCUT2D eigenvalue weighted by molar-refractivity contribution is 0.0965. The largest absolute Gasteiger partial charge is 0.306 e. The Morgan fingerprint density at radius 2 is 1.84 bits per heavy atom. The van der Waals surface area contributed by atoms with Crippen LogP contribution in [0.1, 0.15) is 37.0 Å². The number of ketones is 1. The summed E-state index contributed by atoms with van der Waals surface area (Å²) in [6.45, 7) is 5.79. The third-order valence-electron chi connectivity index (χ3n) is 3.23. The molecular formula is C15H21F2NO. The molecule has 0 aromatic heterocycles. The molecule has 106 valence electrons. The Labute approximate surface area is 113 Å². The summed E-state index contributed by atoms with van der Waals surface area (Å²) < 4.78 is 26.0. The van der Waals surface area contributed by atoms with Crippen LogP contribution in [-0.2, 0) is 0 Å². The minimum Gasteiger partial charge on any atom is -0.306 e. The van der Waals surface area contributed by atoms with Crippen LogP contribution in [0.5, 0.6) is 0 Å². The van der Waals surface area contributed by atoms with E-state index in [2.05, 4.69) is 18.7 Å². The summed E-state index contributed by atoms with van der Waals surface area (Å²) in [5.74, 6) is -1.08. The molecule has 2 nitrogen and oxygen atoms in total. The first-order valence-corrected chi connectivity index (χ1v) is 6.60. The summed E-state index contributed by atoms with van der Waals surface area (Å²) in [6, 6.07) is 2.94. The number of benzene rings is 1. The summed E-state index contributed by atoms with van der Waals surface area (Å²) in [6.07, 6.45) is 1.36. The number of halogens is 2. The molecule has 0 saturated carbocycles. The van der Waals surface area contributed by atoms with Gasteiger partial charge in [0.1, 0.15) is 11.6 Å². The van der Waals surface area contributed by atoms with E-state index in [0.29, 0.717) is 12.5 Å². The molecule has 1 rings (SSSR count). The standard InChI is InChI=1S/C15H21F2NO/c1-4-11(2)10-18(3)6-5-15(19)12-7-13(16)9-14(17)8-12/h7-9,11H,4-6,10H2,1-3H3. The van der Waals surface area contributed by atoms with Gasteiger partial charge in [-0.05, 0) is 25.1 Å². The Hall–Kier alpha value is -1.29. The smallest absolute Gasteiger partial charge is 0.164 e. The molecule has 0 radical (unpaired) electrons. The molecule has 0 aliphatic carbocycles. The van der Waals surface area contributed by atoms with Crippen molar-refractivity contribution in [3.05, 3.63) is 35.4 Å². The molecule has 0 aliphatic heterocycles. The van der Waals surface area contributed by atoms with Gasteiger partial charge >= 0.3 is 0 Å². The van der Waals surface area contributed by atoms with E-state index in [9.17, 15) is 13.6 Å². The lowest BCUT2D eigenvalue weighted by atomic mass is 10.1. The third kappa shape index (κ3) is 5.47. The van der Waals surface area contributed by atoms with Crippen molar-refractivity contribution in [3.63, 3.8) is 0 Å². The van der Waals surface area contributed by atoms with Crippen LogP contribution in [0.3, 0.4) is 0 Å². The zero-order valence-electron chi connectivity index (χ0n) is 11.7. The summed E-state index contributed by atoms with van der Waals surface area (Å²) in [7, 11) is 1.95. The van der Waals surface area contributed by atoms with Crippen molar-refractivity contribution in [1.82, 2.24) is 4.90 Å². The molecule has 0 saturated heterocycles. The summed E-state index contributed by atoms with van der Waals surface area (Å²) in [5, 5.41) is 0. The van der Waals surface area contributed by atoms with Crippen LogP contribution >= 0.6 is 0 Å². The molecule has 1 aromatic rings. The van der Waals surface area contributed by atoms with Crippen LogP contribution in [0.25, 0.3) is 0 Å². The first-order chi connectivity index (χ1) is 8.92. The lowest BCUT2D eigenvalue weighted by Crippen LogP contribution is -2.26. The highest BCUT2D eigenvalue weighted by molar-refractivity contribution is 5.96.